The first kappa shape index (κ1) is 21.0. The molecule has 2 aromatic rings. The molecular formula is C22H29N3O4. The number of ether oxygens (including phenoxy) is 2. The van der Waals surface area contributed by atoms with Crippen LogP contribution in [0.15, 0.2) is 48.5 Å². The highest BCUT2D eigenvalue weighted by Gasteiger charge is 2.21. The van der Waals surface area contributed by atoms with Crippen molar-refractivity contribution in [2.24, 2.45) is 0 Å². The second kappa shape index (κ2) is 10.1. The number of carbonyl (C=O) groups excluding carboxylic acids is 1. The Kier molecular flexibility index (Phi) is 7.32. The number of rotatable bonds is 8. The van der Waals surface area contributed by atoms with Gasteiger partial charge in [-0.2, -0.15) is 0 Å². The first-order chi connectivity index (χ1) is 14.0. The molecule has 1 fully saturated rings. The van der Waals surface area contributed by atoms with Gasteiger partial charge < -0.3 is 24.8 Å². The Labute approximate surface area is 171 Å². The van der Waals surface area contributed by atoms with E-state index < -0.39 is 6.10 Å². The molecule has 0 aliphatic carbocycles. The summed E-state index contributed by atoms with van der Waals surface area (Å²) in [6, 6.07) is 15.2. The zero-order valence-corrected chi connectivity index (χ0v) is 17.0. The highest BCUT2D eigenvalue weighted by atomic mass is 16.5. The summed E-state index contributed by atoms with van der Waals surface area (Å²) in [6.45, 7) is 5.80. The topological polar surface area (TPSA) is 74.3 Å². The van der Waals surface area contributed by atoms with E-state index in [1.807, 2.05) is 18.2 Å². The molecule has 1 unspecified atom stereocenters. The molecule has 0 spiro atoms. The Balaban J connectivity index is 1.41. The Morgan fingerprint density at radius 1 is 1.10 bits per heavy atom. The maximum atomic E-state index is 11.0. The smallest absolute Gasteiger partial charge is 0.221 e. The molecule has 156 valence electrons. The van der Waals surface area contributed by atoms with E-state index in [1.54, 1.807) is 31.4 Å². The number of carbonyl (C=O) groups is 1. The zero-order valence-electron chi connectivity index (χ0n) is 17.0. The summed E-state index contributed by atoms with van der Waals surface area (Å²) >= 11 is 0. The summed E-state index contributed by atoms with van der Waals surface area (Å²) in [5.74, 6) is 1.44. The summed E-state index contributed by atoms with van der Waals surface area (Å²) in [5.41, 5.74) is 1.83. The highest BCUT2D eigenvalue weighted by Crippen LogP contribution is 2.28. The fourth-order valence-corrected chi connectivity index (χ4v) is 3.44. The Hall–Kier alpha value is -2.77. The van der Waals surface area contributed by atoms with E-state index in [9.17, 15) is 9.90 Å². The van der Waals surface area contributed by atoms with Gasteiger partial charge in [0.1, 0.15) is 24.2 Å². The summed E-state index contributed by atoms with van der Waals surface area (Å²) in [4.78, 5) is 15.6. The number of amides is 1. The molecule has 1 saturated heterocycles. The molecule has 2 aromatic carbocycles. The second-order valence-corrected chi connectivity index (χ2v) is 7.13. The molecule has 1 aliphatic rings. The Morgan fingerprint density at radius 2 is 1.79 bits per heavy atom. The molecule has 7 heteroatoms. The number of piperazine rings is 1. The monoisotopic (exact) mass is 399 g/mol. The maximum Gasteiger partial charge on any atom is 0.221 e. The molecule has 29 heavy (non-hydrogen) atoms. The van der Waals surface area contributed by atoms with Crippen LogP contribution in [0.5, 0.6) is 11.5 Å². The van der Waals surface area contributed by atoms with Crippen molar-refractivity contribution in [2.75, 3.05) is 56.7 Å². The lowest BCUT2D eigenvalue weighted by atomic mass is 10.2. The molecule has 0 aromatic heterocycles. The van der Waals surface area contributed by atoms with Crippen LogP contribution in [-0.2, 0) is 4.79 Å². The molecule has 3 rings (SSSR count). The van der Waals surface area contributed by atoms with Crippen LogP contribution in [0.25, 0.3) is 0 Å². The lowest BCUT2D eigenvalue weighted by Crippen LogP contribution is -2.49. The van der Waals surface area contributed by atoms with E-state index in [2.05, 4.69) is 21.2 Å². The predicted molar refractivity (Wildman–Crippen MR) is 114 cm³/mol. The number of aliphatic hydroxyl groups excluding tert-OH is 1. The minimum absolute atomic E-state index is 0.111. The molecule has 7 nitrogen and oxygen atoms in total. The van der Waals surface area contributed by atoms with Crippen molar-refractivity contribution in [1.82, 2.24) is 4.90 Å². The van der Waals surface area contributed by atoms with E-state index in [0.29, 0.717) is 12.3 Å². The normalized spacial score (nSPS) is 15.6. The first-order valence-corrected chi connectivity index (χ1v) is 9.84. The minimum atomic E-state index is -0.567. The van der Waals surface area contributed by atoms with Crippen molar-refractivity contribution in [1.29, 1.82) is 0 Å². The van der Waals surface area contributed by atoms with E-state index in [4.69, 9.17) is 9.47 Å². The quantitative estimate of drug-likeness (QED) is 0.709. The Morgan fingerprint density at radius 3 is 2.45 bits per heavy atom. The van der Waals surface area contributed by atoms with Crippen molar-refractivity contribution in [3.05, 3.63) is 48.5 Å². The van der Waals surface area contributed by atoms with Crippen molar-refractivity contribution < 1.29 is 19.4 Å². The average Bonchev–Trinajstić information content (AvgIpc) is 2.73. The lowest BCUT2D eigenvalue weighted by molar-refractivity contribution is -0.114. The fraction of sp³-hybridized carbons (Fsp3) is 0.409. The third-order valence-corrected chi connectivity index (χ3v) is 4.88. The summed E-state index contributed by atoms with van der Waals surface area (Å²) in [6.07, 6.45) is -0.567. The average molecular weight is 399 g/mol. The van der Waals surface area contributed by atoms with Crippen LogP contribution < -0.4 is 19.7 Å². The summed E-state index contributed by atoms with van der Waals surface area (Å²) in [7, 11) is 1.69. The zero-order chi connectivity index (χ0) is 20.6. The highest BCUT2D eigenvalue weighted by molar-refractivity contribution is 5.88. The van der Waals surface area contributed by atoms with E-state index in [0.717, 1.165) is 43.3 Å². The van der Waals surface area contributed by atoms with Crippen LogP contribution in [0.4, 0.5) is 11.4 Å². The van der Waals surface area contributed by atoms with Crippen LogP contribution in [-0.4, -0.2) is 68.5 Å². The Bertz CT molecular complexity index is 789. The third-order valence-electron chi connectivity index (χ3n) is 4.88. The number of β-amino-alcohol motifs (C(OH)–C–C–N with tert-alkyl or cyclic N) is 1. The van der Waals surface area contributed by atoms with E-state index in [1.165, 1.54) is 6.92 Å². The molecule has 0 saturated carbocycles. The number of nitrogens with zero attached hydrogens (tertiary/aromatic N) is 2. The van der Waals surface area contributed by atoms with Crippen LogP contribution in [0, 0.1) is 0 Å². The van der Waals surface area contributed by atoms with Crippen LogP contribution >= 0.6 is 0 Å². The van der Waals surface area contributed by atoms with Crippen molar-refractivity contribution in [3.63, 3.8) is 0 Å². The van der Waals surface area contributed by atoms with Gasteiger partial charge in [0.15, 0.2) is 0 Å². The molecule has 0 radical (unpaired) electrons. The largest absolute Gasteiger partial charge is 0.495 e. The number of aliphatic hydroxyl groups is 1. The molecule has 2 N–H and O–H groups in total. The van der Waals surface area contributed by atoms with E-state index in [-0.39, 0.29) is 12.5 Å². The fourth-order valence-electron chi connectivity index (χ4n) is 3.44. The van der Waals surface area contributed by atoms with Gasteiger partial charge in [-0.25, -0.2) is 0 Å². The van der Waals surface area contributed by atoms with Gasteiger partial charge >= 0.3 is 0 Å². The standard InChI is InChI=1S/C22H29N3O4/c1-17(26)23-18-7-9-20(10-8-18)29-16-19(27)15-24-11-13-25(14-12-24)21-5-3-4-6-22(21)28-2/h3-10,19,27H,11-16H2,1-2H3,(H,23,26). The van der Waals surface area contributed by atoms with Gasteiger partial charge in [0.25, 0.3) is 0 Å². The number of anilines is 2. The SMILES string of the molecule is COc1ccccc1N1CCN(CC(O)COc2ccc(NC(C)=O)cc2)CC1. The number of hydrogen-bond donors (Lipinski definition) is 2. The first-order valence-electron chi connectivity index (χ1n) is 9.84. The predicted octanol–water partition coefficient (Wildman–Crippen LogP) is 2.22. The number of hydrogen-bond acceptors (Lipinski definition) is 6. The number of para-hydroxylation sites is 2. The van der Waals surface area contributed by atoms with Crippen LogP contribution in [0.2, 0.25) is 0 Å². The second-order valence-electron chi connectivity index (χ2n) is 7.13. The van der Waals surface area contributed by atoms with Crippen LogP contribution in [0.3, 0.4) is 0 Å². The minimum Gasteiger partial charge on any atom is -0.495 e. The van der Waals surface area contributed by atoms with Gasteiger partial charge in [0, 0.05) is 45.3 Å². The van der Waals surface area contributed by atoms with Gasteiger partial charge in [-0.3, -0.25) is 9.69 Å². The van der Waals surface area contributed by atoms with Gasteiger partial charge in [0.2, 0.25) is 5.91 Å². The number of nitrogens with one attached hydrogen (secondary N) is 1. The molecular weight excluding hydrogens is 370 g/mol. The third kappa shape index (κ3) is 6.10. The lowest BCUT2D eigenvalue weighted by Gasteiger charge is -2.37. The van der Waals surface area contributed by atoms with Crippen molar-refractivity contribution in [2.45, 2.75) is 13.0 Å². The summed E-state index contributed by atoms with van der Waals surface area (Å²) in [5, 5.41) is 13.1. The van der Waals surface area contributed by atoms with Gasteiger partial charge in [-0.1, -0.05) is 12.1 Å². The molecule has 1 heterocycles. The molecule has 1 amide bonds. The van der Waals surface area contributed by atoms with Gasteiger partial charge in [-0.15, -0.1) is 0 Å². The molecule has 1 atom stereocenters. The van der Waals surface area contributed by atoms with E-state index >= 15 is 0 Å². The van der Waals surface area contributed by atoms with Crippen molar-refractivity contribution in [3.8, 4) is 11.5 Å². The van der Waals surface area contributed by atoms with Gasteiger partial charge in [0.05, 0.1) is 12.8 Å². The number of benzene rings is 2. The maximum absolute atomic E-state index is 11.0. The summed E-state index contributed by atoms with van der Waals surface area (Å²) < 4.78 is 11.1. The van der Waals surface area contributed by atoms with Crippen LogP contribution in [0.1, 0.15) is 6.92 Å². The molecule has 1 aliphatic heterocycles. The number of methoxy groups -OCH3 is 1. The molecule has 0 bridgehead atoms. The van der Waals surface area contributed by atoms with Crippen molar-refractivity contribution >= 4 is 17.3 Å². The van der Waals surface area contributed by atoms with Gasteiger partial charge in [-0.05, 0) is 36.4 Å².